The van der Waals surface area contributed by atoms with Gasteiger partial charge in [0.25, 0.3) is 0 Å². The van der Waals surface area contributed by atoms with Crippen LogP contribution in [0.5, 0.6) is 0 Å². The van der Waals surface area contributed by atoms with E-state index in [0.29, 0.717) is 0 Å². The molecular weight excluding hydrogens is 443 g/mol. The number of hydrogen-bond acceptors (Lipinski definition) is 5. The summed E-state index contributed by atoms with van der Waals surface area (Å²) in [7, 11) is 0. The smallest absolute Gasteiger partial charge is 0.194 e. The van der Waals surface area contributed by atoms with Crippen LogP contribution in [-0.4, -0.2) is 58.1 Å². The predicted molar refractivity (Wildman–Crippen MR) is 134 cm³/mol. The SMILES string of the molecule is Cl.Cl.O=C1c2cc(N3CC4CNCC4C3)ccc2-c2ccc(N3CC4CNCC4C3)cc21. The Morgan fingerprint density at radius 2 is 0.969 bits per heavy atom. The first-order chi connectivity index (χ1) is 14.7. The number of anilines is 2. The van der Waals surface area contributed by atoms with Crippen molar-refractivity contribution in [1.29, 1.82) is 0 Å². The summed E-state index contributed by atoms with van der Waals surface area (Å²) in [6.07, 6.45) is 0. The summed E-state index contributed by atoms with van der Waals surface area (Å²) in [5, 5.41) is 7.02. The van der Waals surface area contributed by atoms with Crippen molar-refractivity contribution >= 4 is 42.0 Å². The maximum atomic E-state index is 13.4. The standard InChI is InChI=1S/C25H28N4O.2ClH/c30-25-23-5-19(28-11-15-7-26-8-16(15)12-28)1-3-21(23)22-4-2-20(6-24(22)25)29-13-17-9-27-10-18(17)14-29;;/h1-6,15-18,26-27H,7-14H2;2*1H. The van der Waals surface area contributed by atoms with Crippen molar-refractivity contribution in [2.24, 2.45) is 23.7 Å². The molecule has 7 heteroatoms. The Morgan fingerprint density at radius 1 is 0.594 bits per heavy atom. The van der Waals surface area contributed by atoms with Gasteiger partial charge < -0.3 is 20.4 Å². The van der Waals surface area contributed by atoms with Crippen molar-refractivity contribution in [2.75, 3.05) is 62.2 Å². The van der Waals surface area contributed by atoms with Gasteiger partial charge in [0, 0.05) is 74.9 Å². The Bertz CT molecular complexity index is 955. The topological polar surface area (TPSA) is 47.6 Å². The van der Waals surface area contributed by atoms with Gasteiger partial charge in [0.2, 0.25) is 0 Å². The van der Waals surface area contributed by atoms with Gasteiger partial charge in [-0.2, -0.15) is 0 Å². The highest BCUT2D eigenvalue weighted by Crippen LogP contribution is 2.42. The second-order valence-corrected chi connectivity index (χ2v) is 9.96. The molecule has 1 aliphatic carbocycles. The average molecular weight is 473 g/mol. The molecule has 2 N–H and O–H groups in total. The highest BCUT2D eigenvalue weighted by atomic mass is 35.5. The Morgan fingerprint density at radius 3 is 1.34 bits per heavy atom. The second-order valence-electron chi connectivity index (χ2n) is 9.96. The minimum atomic E-state index is 0. The van der Waals surface area contributed by atoms with Gasteiger partial charge >= 0.3 is 0 Å². The van der Waals surface area contributed by atoms with Crippen LogP contribution in [0, 0.1) is 23.7 Å². The molecule has 4 fully saturated rings. The van der Waals surface area contributed by atoms with Crippen LogP contribution in [0.2, 0.25) is 0 Å². The molecule has 170 valence electrons. The van der Waals surface area contributed by atoms with Crippen LogP contribution in [-0.2, 0) is 0 Å². The van der Waals surface area contributed by atoms with Gasteiger partial charge in [-0.05, 0) is 59.1 Å². The normalized spacial score (nSPS) is 29.3. The summed E-state index contributed by atoms with van der Waals surface area (Å²) in [5.74, 6) is 3.21. The molecule has 0 amide bonds. The minimum absolute atomic E-state index is 0. The molecule has 4 unspecified atom stereocenters. The first-order valence-corrected chi connectivity index (χ1v) is 11.5. The van der Waals surface area contributed by atoms with E-state index < -0.39 is 0 Å². The maximum Gasteiger partial charge on any atom is 0.194 e. The third kappa shape index (κ3) is 3.25. The van der Waals surface area contributed by atoms with E-state index in [2.05, 4.69) is 56.8 Å². The molecule has 4 aliphatic heterocycles. The zero-order valence-corrected chi connectivity index (χ0v) is 19.7. The van der Waals surface area contributed by atoms with Gasteiger partial charge in [0.15, 0.2) is 5.78 Å². The molecule has 2 aromatic rings. The van der Waals surface area contributed by atoms with E-state index in [1.54, 1.807) is 0 Å². The first kappa shape index (κ1) is 22.0. The second kappa shape index (κ2) is 8.21. The van der Waals surface area contributed by atoms with E-state index in [-0.39, 0.29) is 30.6 Å². The number of rotatable bonds is 2. The Labute approximate surface area is 201 Å². The van der Waals surface area contributed by atoms with Crippen molar-refractivity contribution in [3.05, 3.63) is 47.5 Å². The van der Waals surface area contributed by atoms with Crippen molar-refractivity contribution in [1.82, 2.24) is 10.6 Å². The van der Waals surface area contributed by atoms with Gasteiger partial charge in [-0.15, -0.1) is 24.8 Å². The number of halogens is 2. The third-order valence-corrected chi connectivity index (χ3v) is 8.30. The number of benzene rings is 2. The Balaban J connectivity index is 0.00000108. The molecule has 2 aromatic carbocycles. The summed E-state index contributed by atoms with van der Waals surface area (Å²) < 4.78 is 0. The number of fused-ring (bicyclic) bond motifs is 5. The van der Waals surface area contributed by atoms with Crippen molar-refractivity contribution in [2.45, 2.75) is 0 Å². The molecule has 4 atom stereocenters. The molecule has 7 rings (SSSR count). The quantitative estimate of drug-likeness (QED) is 0.600. The molecule has 4 saturated heterocycles. The zero-order chi connectivity index (χ0) is 19.8. The van der Waals surface area contributed by atoms with E-state index in [1.807, 2.05) is 0 Å². The monoisotopic (exact) mass is 472 g/mol. The number of carbonyl (C=O) groups is 1. The summed E-state index contributed by atoms with van der Waals surface area (Å²) in [4.78, 5) is 18.3. The van der Waals surface area contributed by atoms with Crippen LogP contribution in [0.3, 0.4) is 0 Å². The number of ketones is 1. The van der Waals surface area contributed by atoms with Crippen LogP contribution >= 0.6 is 24.8 Å². The molecule has 0 aromatic heterocycles. The van der Waals surface area contributed by atoms with Crippen molar-refractivity contribution < 1.29 is 4.79 Å². The molecule has 0 spiro atoms. The van der Waals surface area contributed by atoms with Crippen LogP contribution in [0.25, 0.3) is 11.1 Å². The van der Waals surface area contributed by atoms with Crippen LogP contribution in [0.4, 0.5) is 11.4 Å². The lowest BCUT2D eigenvalue weighted by Gasteiger charge is -2.20. The fraction of sp³-hybridized carbons (Fsp3) is 0.480. The predicted octanol–water partition coefficient (Wildman–Crippen LogP) is 3.05. The van der Waals surface area contributed by atoms with Crippen LogP contribution in [0.15, 0.2) is 36.4 Å². The zero-order valence-electron chi connectivity index (χ0n) is 18.0. The summed E-state index contributed by atoms with van der Waals surface area (Å²) in [6.45, 7) is 8.95. The molecule has 5 nitrogen and oxygen atoms in total. The third-order valence-electron chi connectivity index (χ3n) is 8.30. The summed E-state index contributed by atoms with van der Waals surface area (Å²) in [6, 6.07) is 13.1. The molecule has 0 radical (unpaired) electrons. The number of hydrogen-bond donors (Lipinski definition) is 2. The maximum absolute atomic E-state index is 13.4. The van der Waals surface area contributed by atoms with E-state index in [4.69, 9.17) is 0 Å². The van der Waals surface area contributed by atoms with Gasteiger partial charge in [-0.25, -0.2) is 0 Å². The highest BCUT2D eigenvalue weighted by molar-refractivity contribution is 6.22. The van der Waals surface area contributed by atoms with Gasteiger partial charge in [-0.1, -0.05) is 12.1 Å². The Hall–Kier alpha value is -1.79. The van der Waals surface area contributed by atoms with Crippen molar-refractivity contribution in [3.8, 4) is 11.1 Å². The largest absolute Gasteiger partial charge is 0.371 e. The van der Waals surface area contributed by atoms with Crippen LogP contribution < -0.4 is 20.4 Å². The lowest BCUT2D eigenvalue weighted by molar-refractivity contribution is 0.104. The fourth-order valence-electron chi connectivity index (χ4n) is 6.58. The van der Waals surface area contributed by atoms with Crippen LogP contribution in [0.1, 0.15) is 15.9 Å². The minimum Gasteiger partial charge on any atom is -0.371 e. The molecular formula is C25H30Cl2N4O. The van der Waals surface area contributed by atoms with Gasteiger partial charge in [-0.3, -0.25) is 4.79 Å². The number of nitrogens with zero attached hydrogens (tertiary/aromatic N) is 2. The lowest BCUT2D eigenvalue weighted by atomic mass is 10.0. The van der Waals surface area contributed by atoms with Gasteiger partial charge in [0.1, 0.15) is 0 Å². The number of nitrogens with one attached hydrogen (secondary N) is 2. The lowest BCUT2D eigenvalue weighted by Crippen LogP contribution is -2.25. The van der Waals surface area contributed by atoms with Crippen molar-refractivity contribution in [3.63, 3.8) is 0 Å². The summed E-state index contributed by atoms with van der Waals surface area (Å²) in [5.41, 5.74) is 6.41. The van der Waals surface area contributed by atoms with E-state index in [0.717, 1.165) is 98.3 Å². The van der Waals surface area contributed by atoms with Gasteiger partial charge in [0.05, 0.1) is 0 Å². The van der Waals surface area contributed by atoms with E-state index in [9.17, 15) is 4.79 Å². The molecule has 0 saturated carbocycles. The fourth-order valence-corrected chi connectivity index (χ4v) is 6.58. The Kier molecular flexibility index (Phi) is 5.65. The molecule has 32 heavy (non-hydrogen) atoms. The average Bonchev–Trinajstić information content (AvgIpc) is 3.54. The molecule has 0 bridgehead atoms. The highest BCUT2D eigenvalue weighted by Gasteiger charge is 2.38. The molecule has 4 heterocycles. The first-order valence-electron chi connectivity index (χ1n) is 11.5. The van der Waals surface area contributed by atoms with E-state index >= 15 is 0 Å². The summed E-state index contributed by atoms with van der Waals surface area (Å²) >= 11 is 0. The molecule has 5 aliphatic rings. The van der Waals surface area contributed by atoms with E-state index in [1.165, 1.54) is 11.4 Å². The number of carbonyl (C=O) groups excluding carboxylic acids is 1.